The standard InChI is InChI=1S/C10H7ClF3NO2/c11-6-3-1-2-4-7(6)15-8(16)9(5-17-9)10(12,13)14/h1-4H,5H2,(H,15,16)/t9-/m1/s1. The number of hydrogen-bond donors (Lipinski definition) is 1. The van der Waals surface area contributed by atoms with Crippen LogP contribution in [0.5, 0.6) is 0 Å². The zero-order chi connectivity index (χ0) is 12.7. The van der Waals surface area contributed by atoms with Crippen molar-refractivity contribution in [1.82, 2.24) is 0 Å². The third kappa shape index (κ3) is 2.10. The van der Waals surface area contributed by atoms with E-state index in [1.54, 1.807) is 12.1 Å². The number of halogens is 4. The quantitative estimate of drug-likeness (QED) is 0.835. The molecule has 2 rings (SSSR count). The van der Waals surface area contributed by atoms with Crippen LogP contribution in [0.3, 0.4) is 0 Å². The van der Waals surface area contributed by atoms with Crippen LogP contribution in [0.25, 0.3) is 0 Å². The van der Waals surface area contributed by atoms with E-state index in [1.165, 1.54) is 12.1 Å². The minimum Gasteiger partial charge on any atom is -0.351 e. The number of amides is 1. The number of nitrogens with one attached hydrogen (secondary N) is 1. The lowest BCUT2D eigenvalue weighted by Crippen LogP contribution is -2.44. The van der Waals surface area contributed by atoms with Crippen molar-refractivity contribution >= 4 is 23.2 Å². The van der Waals surface area contributed by atoms with Gasteiger partial charge in [-0.15, -0.1) is 0 Å². The summed E-state index contributed by atoms with van der Waals surface area (Å²) in [6, 6.07) is 6.03. The van der Waals surface area contributed by atoms with Gasteiger partial charge in [0.2, 0.25) is 0 Å². The monoisotopic (exact) mass is 265 g/mol. The third-order valence-electron chi connectivity index (χ3n) is 2.38. The fourth-order valence-electron chi connectivity index (χ4n) is 1.28. The Morgan fingerprint density at radius 2 is 2.00 bits per heavy atom. The van der Waals surface area contributed by atoms with E-state index in [0.29, 0.717) is 0 Å². The normalized spacial score (nSPS) is 23.3. The maximum atomic E-state index is 12.5. The first-order valence-corrected chi connectivity index (χ1v) is 5.01. The first-order chi connectivity index (χ1) is 7.87. The molecule has 1 aliphatic heterocycles. The maximum absolute atomic E-state index is 12.5. The van der Waals surface area contributed by atoms with Crippen LogP contribution < -0.4 is 5.32 Å². The number of para-hydroxylation sites is 1. The van der Waals surface area contributed by atoms with E-state index in [-0.39, 0.29) is 10.7 Å². The Labute approximate surface area is 99.5 Å². The Morgan fingerprint density at radius 3 is 2.47 bits per heavy atom. The minimum absolute atomic E-state index is 0.123. The highest BCUT2D eigenvalue weighted by Crippen LogP contribution is 2.44. The fraction of sp³-hybridized carbons (Fsp3) is 0.300. The summed E-state index contributed by atoms with van der Waals surface area (Å²) in [5.41, 5.74) is -2.59. The molecule has 7 heteroatoms. The van der Waals surface area contributed by atoms with Gasteiger partial charge in [-0.2, -0.15) is 13.2 Å². The second-order valence-corrected chi connectivity index (χ2v) is 3.95. The summed E-state index contributed by atoms with van der Waals surface area (Å²) in [5, 5.41) is 2.27. The average Bonchev–Trinajstić information content (AvgIpc) is 3.01. The van der Waals surface area contributed by atoms with Gasteiger partial charge in [0.25, 0.3) is 11.5 Å². The lowest BCUT2D eigenvalue weighted by atomic mass is 10.1. The molecule has 1 fully saturated rings. The number of carbonyl (C=O) groups excluding carboxylic acids is 1. The summed E-state index contributed by atoms with van der Waals surface area (Å²) in [6.07, 6.45) is -4.72. The molecule has 1 saturated heterocycles. The molecule has 0 radical (unpaired) electrons. The summed E-state index contributed by atoms with van der Waals surface area (Å²) < 4.78 is 41.8. The van der Waals surface area contributed by atoms with Crippen LogP contribution >= 0.6 is 11.6 Å². The minimum atomic E-state index is -4.72. The van der Waals surface area contributed by atoms with Crippen LogP contribution in [-0.4, -0.2) is 24.3 Å². The Bertz CT molecular complexity index is 457. The van der Waals surface area contributed by atoms with Crippen molar-refractivity contribution in [1.29, 1.82) is 0 Å². The predicted octanol–water partition coefficient (Wildman–Crippen LogP) is 2.61. The highest BCUT2D eigenvalue weighted by Gasteiger charge is 2.71. The van der Waals surface area contributed by atoms with Gasteiger partial charge in [0.1, 0.15) is 0 Å². The predicted molar refractivity (Wildman–Crippen MR) is 54.8 cm³/mol. The zero-order valence-corrected chi connectivity index (χ0v) is 9.10. The van der Waals surface area contributed by atoms with Crippen molar-refractivity contribution in [2.24, 2.45) is 0 Å². The third-order valence-corrected chi connectivity index (χ3v) is 2.71. The number of rotatable bonds is 2. The van der Waals surface area contributed by atoms with E-state index in [9.17, 15) is 18.0 Å². The van der Waals surface area contributed by atoms with Gasteiger partial charge in [0.15, 0.2) is 0 Å². The van der Waals surface area contributed by atoms with Gasteiger partial charge in [0.05, 0.1) is 17.3 Å². The van der Waals surface area contributed by atoms with E-state index in [1.807, 2.05) is 0 Å². The molecule has 3 nitrogen and oxygen atoms in total. The van der Waals surface area contributed by atoms with E-state index in [0.717, 1.165) is 0 Å². The molecule has 1 aliphatic rings. The number of carbonyl (C=O) groups is 1. The van der Waals surface area contributed by atoms with Crippen molar-refractivity contribution < 1.29 is 22.7 Å². The summed E-state index contributed by atoms with van der Waals surface area (Å²) in [4.78, 5) is 11.5. The topological polar surface area (TPSA) is 41.6 Å². The number of epoxide rings is 1. The zero-order valence-electron chi connectivity index (χ0n) is 8.34. The van der Waals surface area contributed by atoms with Crippen molar-refractivity contribution in [2.45, 2.75) is 11.8 Å². The van der Waals surface area contributed by atoms with Crippen LogP contribution in [0.4, 0.5) is 18.9 Å². The molecule has 92 valence electrons. The molecule has 1 heterocycles. The molecule has 1 aromatic carbocycles. The molecule has 0 saturated carbocycles. The van der Waals surface area contributed by atoms with Gasteiger partial charge in [-0.1, -0.05) is 23.7 Å². The van der Waals surface area contributed by atoms with Crippen LogP contribution in [0, 0.1) is 0 Å². The average molecular weight is 266 g/mol. The number of hydrogen-bond acceptors (Lipinski definition) is 2. The Hall–Kier alpha value is -1.27. The van der Waals surface area contributed by atoms with Gasteiger partial charge in [-0.25, -0.2) is 0 Å². The molecule has 1 atom stereocenters. The second-order valence-electron chi connectivity index (χ2n) is 3.55. The molecule has 0 bridgehead atoms. The van der Waals surface area contributed by atoms with E-state index in [4.69, 9.17) is 11.6 Å². The van der Waals surface area contributed by atoms with Crippen molar-refractivity contribution in [3.05, 3.63) is 29.3 Å². The molecular formula is C10H7ClF3NO2. The van der Waals surface area contributed by atoms with Gasteiger partial charge in [0, 0.05) is 0 Å². The van der Waals surface area contributed by atoms with Gasteiger partial charge >= 0.3 is 6.18 Å². The molecule has 17 heavy (non-hydrogen) atoms. The summed E-state index contributed by atoms with van der Waals surface area (Å²) in [7, 11) is 0. The van der Waals surface area contributed by atoms with Gasteiger partial charge < -0.3 is 10.1 Å². The summed E-state index contributed by atoms with van der Waals surface area (Å²) in [6.45, 7) is -0.660. The molecule has 1 N–H and O–H groups in total. The Morgan fingerprint density at radius 1 is 1.41 bits per heavy atom. The first kappa shape index (κ1) is 12.2. The molecule has 0 spiro atoms. The lowest BCUT2D eigenvalue weighted by Gasteiger charge is -2.15. The molecule has 0 unspecified atom stereocenters. The van der Waals surface area contributed by atoms with Crippen LogP contribution in [0.1, 0.15) is 0 Å². The van der Waals surface area contributed by atoms with Crippen molar-refractivity contribution in [3.8, 4) is 0 Å². The first-order valence-electron chi connectivity index (χ1n) is 4.63. The molecular weight excluding hydrogens is 259 g/mol. The van der Waals surface area contributed by atoms with E-state index >= 15 is 0 Å². The fourth-order valence-corrected chi connectivity index (χ4v) is 1.46. The number of alkyl halides is 3. The summed E-state index contributed by atoms with van der Waals surface area (Å²) >= 11 is 5.72. The maximum Gasteiger partial charge on any atom is 0.429 e. The molecule has 0 aromatic heterocycles. The van der Waals surface area contributed by atoms with Gasteiger partial charge in [-0.3, -0.25) is 4.79 Å². The SMILES string of the molecule is O=C(Nc1ccccc1Cl)[C@@]1(C(F)(F)F)CO1. The van der Waals surface area contributed by atoms with Gasteiger partial charge in [-0.05, 0) is 12.1 Å². The Kier molecular flexibility index (Phi) is 2.79. The highest BCUT2D eigenvalue weighted by molar-refractivity contribution is 6.33. The largest absolute Gasteiger partial charge is 0.429 e. The molecule has 0 aliphatic carbocycles. The lowest BCUT2D eigenvalue weighted by molar-refractivity contribution is -0.186. The van der Waals surface area contributed by atoms with Crippen LogP contribution in [0.2, 0.25) is 5.02 Å². The number of ether oxygens (including phenoxy) is 1. The van der Waals surface area contributed by atoms with E-state index < -0.39 is 24.3 Å². The highest BCUT2D eigenvalue weighted by atomic mass is 35.5. The Balaban J connectivity index is 2.16. The molecule has 1 amide bonds. The smallest absolute Gasteiger partial charge is 0.351 e. The second kappa shape index (κ2) is 3.89. The van der Waals surface area contributed by atoms with Crippen molar-refractivity contribution in [2.75, 3.05) is 11.9 Å². The van der Waals surface area contributed by atoms with E-state index in [2.05, 4.69) is 10.1 Å². The molecule has 1 aromatic rings. The summed E-state index contributed by atoms with van der Waals surface area (Å²) in [5.74, 6) is -1.25. The van der Waals surface area contributed by atoms with Crippen LogP contribution in [-0.2, 0) is 9.53 Å². The van der Waals surface area contributed by atoms with Crippen LogP contribution in [0.15, 0.2) is 24.3 Å². The number of anilines is 1. The van der Waals surface area contributed by atoms with Crippen molar-refractivity contribution in [3.63, 3.8) is 0 Å². The number of benzene rings is 1.